The number of anilines is 2. The molecule has 2 unspecified atom stereocenters. The highest BCUT2D eigenvalue weighted by molar-refractivity contribution is 8.00. The topological polar surface area (TPSA) is 115 Å². The molecule has 9 nitrogen and oxygen atoms in total. The molecule has 0 spiro atoms. The van der Waals surface area contributed by atoms with E-state index >= 15 is 0 Å². The van der Waals surface area contributed by atoms with E-state index in [9.17, 15) is 28.4 Å². The zero-order valence-electron chi connectivity index (χ0n) is 23.0. The quantitative estimate of drug-likeness (QED) is 0.213. The van der Waals surface area contributed by atoms with E-state index in [2.05, 4.69) is 5.32 Å². The first-order chi connectivity index (χ1) is 21.2. The zero-order valence-corrected chi connectivity index (χ0v) is 25.4. The Kier molecular flexibility index (Phi) is 8.14. The lowest BCUT2D eigenvalue weighted by molar-refractivity contribution is -0.122. The highest BCUT2D eigenvalue weighted by Crippen LogP contribution is 2.54. The lowest BCUT2D eigenvalue weighted by Crippen LogP contribution is -2.33. The van der Waals surface area contributed by atoms with Crippen LogP contribution in [0, 0.1) is 11.7 Å². The number of thioether (sulfide) groups is 1. The van der Waals surface area contributed by atoms with Gasteiger partial charge in [-0.1, -0.05) is 46.8 Å². The second-order valence-corrected chi connectivity index (χ2v) is 12.6. The molecule has 13 heteroatoms. The Hall–Kier alpha value is -4.26. The average Bonchev–Trinajstić information content (AvgIpc) is 3.45. The van der Waals surface area contributed by atoms with Crippen molar-refractivity contribution in [3.05, 3.63) is 109 Å². The summed E-state index contributed by atoms with van der Waals surface area (Å²) in [7, 11) is 0. The molecule has 44 heavy (non-hydrogen) atoms. The van der Waals surface area contributed by atoms with Crippen molar-refractivity contribution in [1.29, 1.82) is 0 Å². The number of aromatic nitrogens is 1. The largest absolute Gasteiger partial charge is 0.462 e. The number of benzene rings is 3. The van der Waals surface area contributed by atoms with Gasteiger partial charge in [-0.05, 0) is 73.2 Å². The van der Waals surface area contributed by atoms with Crippen molar-refractivity contribution in [3.8, 4) is 0 Å². The summed E-state index contributed by atoms with van der Waals surface area (Å²) in [5, 5.41) is 2.68. The molecule has 6 rings (SSSR count). The number of amides is 3. The van der Waals surface area contributed by atoms with E-state index in [4.69, 9.17) is 16.3 Å². The van der Waals surface area contributed by atoms with Crippen LogP contribution in [0.25, 0.3) is 0 Å². The third-order valence-electron chi connectivity index (χ3n) is 7.34. The lowest BCUT2D eigenvalue weighted by atomic mass is 9.83. The SMILES string of the molecule is CCOC(=O)c1ccc(N2C(=O)C3Sc4c(sc(=O)n4CC(=O)Nc4ccc(F)cc4)[C@H](c4ccc(Cl)cc4)C3C2=O)cc1. The molecule has 0 aliphatic carbocycles. The van der Waals surface area contributed by atoms with Crippen molar-refractivity contribution in [1.82, 2.24) is 4.57 Å². The third-order valence-corrected chi connectivity index (χ3v) is 10.2. The number of hydrogen-bond donors (Lipinski definition) is 1. The molecule has 1 saturated heterocycles. The fourth-order valence-corrected chi connectivity index (χ4v) is 8.28. The van der Waals surface area contributed by atoms with E-state index in [1.54, 1.807) is 31.2 Å². The number of thiazole rings is 1. The van der Waals surface area contributed by atoms with E-state index in [-0.39, 0.29) is 18.7 Å². The van der Waals surface area contributed by atoms with Crippen LogP contribution in [-0.4, -0.2) is 40.1 Å². The molecule has 2 aliphatic rings. The molecule has 0 saturated carbocycles. The van der Waals surface area contributed by atoms with Crippen LogP contribution in [0.1, 0.15) is 33.6 Å². The van der Waals surface area contributed by atoms with Gasteiger partial charge in [0.25, 0.3) is 0 Å². The van der Waals surface area contributed by atoms with Crippen LogP contribution >= 0.6 is 34.7 Å². The number of nitrogens with zero attached hydrogens (tertiary/aromatic N) is 2. The highest BCUT2D eigenvalue weighted by Gasteiger charge is 2.56. The zero-order chi connectivity index (χ0) is 31.1. The van der Waals surface area contributed by atoms with E-state index < -0.39 is 51.5 Å². The summed E-state index contributed by atoms with van der Waals surface area (Å²) >= 11 is 8.16. The van der Waals surface area contributed by atoms with Gasteiger partial charge in [0.2, 0.25) is 17.7 Å². The molecule has 2 aliphatic heterocycles. The summed E-state index contributed by atoms with van der Waals surface area (Å²) in [6, 6.07) is 18.1. The van der Waals surface area contributed by atoms with Gasteiger partial charge in [-0.25, -0.2) is 14.1 Å². The highest BCUT2D eigenvalue weighted by atomic mass is 35.5. The van der Waals surface area contributed by atoms with Crippen LogP contribution in [0.4, 0.5) is 15.8 Å². The molecule has 0 radical (unpaired) electrons. The van der Waals surface area contributed by atoms with Gasteiger partial charge in [0.1, 0.15) is 17.6 Å². The Balaban J connectivity index is 1.36. The second kappa shape index (κ2) is 12.0. The van der Waals surface area contributed by atoms with Crippen LogP contribution in [0.3, 0.4) is 0 Å². The molecular formula is C31H23ClFN3O6S2. The number of hydrogen-bond acceptors (Lipinski definition) is 8. The number of ether oxygens (including phenoxy) is 1. The van der Waals surface area contributed by atoms with Crippen LogP contribution in [-0.2, 0) is 25.7 Å². The monoisotopic (exact) mass is 651 g/mol. The first kappa shape index (κ1) is 29.8. The lowest BCUT2D eigenvalue weighted by Gasteiger charge is -2.30. The Bertz CT molecular complexity index is 1840. The van der Waals surface area contributed by atoms with Crippen molar-refractivity contribution >= 4 is 69.8 Å². The molecular weight excluding hydrogens is 629 g/mol. The summed E-state index contributed by atoms with van der Waals surface area (Å²) in [5.41, 5.74) is 1.64. The number of carbonyl (C=O) groups is 4. The summed E-state index contributed by atoms with van der Waals surface area (Å²) in [6.07, 6.45) is 0. The van der Waals surface area contributed by atoms with E-state index in [1.165, 1.54) is 53.1 Å². The number of fused-ring (bicyclic) bond motifs is 2. The van der Waals surface area contributed by atoms with Crippen molar-refractivity contribution in [2.24, 2.45) is 5.92 Å². The summed E-state index contributed by atoms with van der Waals surface area (Å²) in [6.45, 7) is 1.56. The van der Waals surface area contributed by atoms with Crippen LogP contribution in [0.15, 0.2) is 82.6 Å². The molecule has 3 heterocycles. The Morgan fingerprint density at radius 1 is 0.955 bits per heavy atom. The number of rotatable bonds is 7. The maximum absolute atomic E-state index is 14.0. The minimum absolute atomic E-state index is 0.208. The molecule has 1 N–H and O–H groups in total. The maximum atomic E-state index is 14.0. The van der Waals surface area contributed by atoms with Crippen molar-refractivity contribution < 1.29 is 28.3 Å². The van der Waals surface area contributed by atoms with Gasteiger partial charge >= 0.3 is 10.8 Å². The fraction of sp³-hybridized carbons (Fsp3) is 0.194. The minimum atomic E-state index is -0.888. The molecule has 1 fully saturated rings. The Morgan fingerprint density at radius 2 is 1.64 bits per heavy atom. The number of halogens is 2. The molecule has 224 valence electrons. The van der Waals surface area contributed by atoms with Crippen molar-refractivity contribution in [2.75, 3.05) is 16.8 Å². The Labute approximate surface area is 263 Å². The number of carbonyl (C=O) groups excluding carboxylic acids is 4. The fourth-order valence-electron chi connectivity index (χ4n) is 5.38. The molecule has 1 aromatic heterocycles. The molecule has 3 aromatic carbocycles. The van der Waals surface area contributed by atoms with E-state index in [0.29, 0.717) is 31.9 Å². The van der Waals surface area contributed by atoms with Gasteiger partial charge < -0.3 is 10.1 Å². The van der Waals surface area contributed by atoms with E-state index in [0.717, 1.165) is 28.0 Å². The van der Waals surface area contributed by atoms with Gasteiger partial charge in [-0.2, -0.15) is 0 Å². The van der Waals surface area contributed by atoms with Crippen molar-refractivity contribution in [2.45, 2.75) is 29.7 Å². The Morgan fingerprint density at radius 3 is 2.30 bits per heavy atom. The van der Waals surface area contributed by atoms with Crippen molar-refractivity contribution in [3.63, 3.8) is 0 Å². The first-order valence-corrected chi connectivity index (χ1v) is 15.6. The normalized spacial score (nSPS) is 19.0. The molecule has 3 atom stereocenters. The van der Waals surface area contributed by atoms with Crippen LogP contribution in [0.2, 0.25) is 5.02 Å². The van der Waals surface area contributed by atoms with Gasteiger partial charge in [0, 0.05) is 21.5 Å². The first-order valence-electron chi connectivity index (χ1n) is 13.5. The van der Waals surface area contributed by atoms with Gasteiger partial charge in [0.15, 0.2) is 0 Å². The predicted molar refractivity (Wildman–Crippen MR) is 165 cm³/mol. The predicted octanol–water partition coefficient (Wildman–Crippen LogP) is 5.31. The summed E-state index contributed by atoms with van der Waals surface area (Å²) < 4.78 is 19.6. The standard InChI is InChI=1S/C31H23ClFN3O6S2/c1-2-42-30(40)17-5-13-21(14-6-17)36-27(38)24-23(16-3-7-18(32)8-4-16)26-29(43-25(24)28(36)39)35(31(41)44-26)15-22(37)34-20-11-9-19(33)10-12-20/h3-14,23-25H,2,15H2,1H3,(H,34,37)/t23-,24?,25?/m1/s1. The van der Waals surface area contributed by atoms with E-state index in [1.807, 2.05) is 0 Å². The van der Waals surface area contributed by atoms with Crippen LogP contribution in [0.5, 0.6) is 0 Å². The molecule has 4 aromatic rings. The third kappa shape index (κ3) is 5.44. The molecule has 0 bridgehead atoms. The number of esters is 1. The van der Waals surface area contributed by atoms with Gasteiger partial charge in [-0.15, -0.1) is 0 Å². The minimum Gasteiger partial charge on any atom is -0.462 e. The average molecular weight is 652 g/mol. The van der Waals surface area contributed by atoms with Crippen LogP contribution < -0.4 is 15.1 Å². The van der Waals surface area contributed by atoms with Gasteiger partial charge in [-0.3, -0.25) is 23.7 Å². The maximum Gasteiger partial charge on any atom is 0.338 e. The second-order valence-electron chi connectivity index (χ2n) is 10.1. The summed E-state index contributed by atoms with van der Waals surface area (Å²) in [5.74, 6) is -3.90. The van der Waals surface area contributed by atoms with Gasteiger partial charge in [0.05, 0.1) is 28.8 Å². The smallest absolute Gasteiger partial charge is 0.338 e. The number of imide groups is 1. The summed E-state index contributed by atoms with van der Waals surface area (Å²) in [4.78, 5) is 67.5. The number of nitrogens with one attached hydrogen (secondary N) is 1. The molecule has 3 amide bonds.